The Morgan fingerprint density at radius 3 is 2.48 bits per heavy atom. The van der Waals surface area contributed by atoms with Crippen molar-refractivity contribution in [1.29, 1.82) is 5.26 Å². The lowest BCUT2D eigenvalue weighted by Crippen LogP contribution is -2.48. The lowest BCUT2D eigenvalue weighted by molar-refractivity contribution is -0.387. The molecule has 1 heterocycles. The molecule has 4 aliphatic carbocycles. The number of aromatic amines is 1. The van der Waals surface area contributed by atoms with Crippen LogP contribution in [-0.2, 0) is 5.41 Å². The first-order chi connectivity index (χ1) is 15.9. The smallest absolute Gasteiger partial charge is 0.395 e. The van der Waals surface area contributed by atoms with Crippen LogP contribution in [0.5, 0.6) is 11.6 Å². The van der Waals surface area contributed by atoms with Gasteiger partial charge in [0.15, 0.2) is 6.61 Å². The fourth-order valence-corrected chi connectivity index (χ4v) is 6.60. The van der Waals surface area contributed by atoms with E-state index in [2.05, 4.69) is 22.1 Å². The number of nitriles is 1. The molecule has 170 valence electrons. The Morgan fingerprint density at radius 1 is 1.24 bits per heavy atom. The van der Waals surface area contributed by atoms with Gasteiger partial charge in [0.05, 0.1) is 4.92 Å². The number of rotatable bonds is 6. The quantitative estimate of drug-likeness (QED) is 0.503. The number of nitrogens with zero attached hydrogens (tertiary/aromatic N) is 3. The van der Waals surface area contributed by atoms with Crippen molar-refractivity contribution in [1.82, 2.24) is 9.97 Å². The van der Waals surface area contributed by atoms with E-state index in [4.69, 9.17) is 10.00 Å². The third kappa shape index (κ3) is 3.86. The van der Waals surface area contributed by atoms with Crippen molar-refractivity contribution in [2.45, 2.75) is 43.9 Å². The second-order valence-electron chi connectivity index (χ2n) is 9.61. The van der Waals surface area contributed by atoms with Gasteiger partial charge in [-0.15, -0.1) is 0 Å². The van der Waals surface area contributed by atoms with Crippen molar-refractivity contribution in [3.05, 3.63) is 55.6 Å². The van der Waals surface area contributed by atoms with Gasteiger partial charge in [-0.1, -0.05) is 6.07 Å². The van der Waals surface area contributed by atoms with Crippen LogP contribution in [0.3, 0.4) is 0 Å². The van der Waals surface area contributed by atoms with E-state index in [0.717, 1.165) is 23.3 Å². The number of nitro groups is 1. The van der Waals surface area contributed by atoms with Crippen molar-refractivity contribution >= 4 is 17.8 Å². The van der Waals surface area contributed by atoms with Gasteiger partial charge in [0, 0.05) is 5.56 Å². The van der Waals surface area contributed by atoms with E-state index in [1.165, 1.54) is 50.2 Å². The molecule has 2 N–H and O–H groups in total. The molecule has 9 nitrogen and oxygen atoms in total. The predicted octanol–water partition coefficient (Wildman–Crippen LogP) is 3.92. The minimum absolute atomic E-state index is 0.0189. The molecule has 0 atom stereocenters. The van der Waals surface area contributed by atoms with Crippen LogP contribution in [0, 0.1) is 39.2 Å². The number of hydrogen-bond donors (Lipinski definition) is 2. The van der Waals surface area contributed by atoms with Gasteiger partial charge in [-0.05, 0) is 91.5 Å². The highest BCUT2D eigenvalue weighted by Crippen LogP contribution is 2.60. The van der Waals surface area contributed by atoms with E-state index in [1.54, 1.807) is 6.08 Å². The maximum atomic E-state index is 11.9. The van der Waals surface area contributed by atoms with Crippen molar-refractivity contribution in [2.75, 3.05) is 6.61 Å². The van der Waals surface area contributed by atoms with Crippen LogP contribution < -0.4 is 10.3 Å². The summed E-state index contributed by atoms with van der Waals surface area (Å²) < 4.78 is 5.60. The topological polar surface area (TPSA) is 142 Å². The van der Waals surface area contributed by atoms with Crippen LogP contribution in [-0.4, -0.2) is 26.6 Å². The van der Waals surface area contributed by atoms with Crippen LogP contribution in [0.1, 0.15) is 55.5 Å². The summed E-state index contributed by atoms with van der Waals surface area (Å²) in [6, 6.07) is 8.04. The second kappa shape index (κ2) is 8.03. The largest absolute Gasteiger partial charge is 0.488 e. The van der Waals surface area contributed by atoms with Crippen LogP contribution in [0.2, 0.25) is 0 Å². The van der Waals surface area contributed by atoms with Gasteiger partial charge in [-0.25, -0.2) is 0 Å². The van der Waals surface area contributed by atoms with Crippen LogP contribution >= 0.6 is 0 Å². The molecule has 4 saturated carbocycles. The Balaban J connectivity index is 1.50. The molecule has 1 aromatic heterocycles. The number of aromatic hydroxyl groups is 1. The first-order valence-electron chi connectivity index (χ1n) is 11.2. The average Bonchev–Trinajstić information content (AvgIpc) is 2.75. The highest BCUT2D eigenvalue weighted by Gasteiger charge is 2.51. The van der Waals surface area contributed by atoms with Gasteiger partial charge in [-0.3, -0.25) is 14.9 Å². The Morgan fingerprint density at radius 2 is 1.91 bits per heavy atom. The number of H-pyrrole nitrogens is 1. The molecular weight excluding hydrogens is 424 g/mol. The van der Waals surface area contributed by atoms with E-state index < -0.39 is 22.0 Å². The van der Waals surface area contributed by atoms with E-state index in [-0.39, 0.29) is 17.8 Å². The normalized spacial score (nSPS) is 27.5. The molecule has 2 aromatic rings. The van der Waals surface area contributed by atoms with E-state index in [0.29, 0.717) is 5.75 Å². The number of nitrogens with one attached hydrogen (secondary N) is 1. The third-order valence-corrected chi connectivity index (χ3v) is 7.45. The molecule has 0 saturated heterocycles. The monoisotopic (exact) mass is 448 g/mol. The van der Waals surface area contributed by atoms with Gasteiger partial charge in [0.25, 0.3) is 5.88 Å². The summed E-state index contributed by atoms with van der Waals surface area (Å²) >= 11 is 0. The standard InChI is InChI=1S/C24H24N4O5/c25-5-6-33-19-3-2-18(24-11-14-7-15(12-24)9-16(8-14)13-24)10-17(19)1-4-20-26-22(29)21(28(31)32)23(30)27-20/h1-4,10,14-16H,6-9,11-13H2,(H2,26,27,29,30). The summed E-state index contributed by atoms with van der Waals surface area (Å²) in [5.41, 5.74) is 0.130. The van der Waals surface area contributed by atoms with Crippen molar-refractivity contribution in [3.63, 3.8) is 0 Å². The lowest BCUT2D eigenvalue weighted by Gasteiger charge is -2.57. The summed E-state index contributed by atoms with van der Waals surface area (Å²) in [7, 11) is 0. The molecule has 4 bridgehead atoms. The number of aromatic nitrogens is 2. The molecule has 0 unspecified atom stereocenters. The summed E-state index contributed by atoms with van der Waals surface area (Å²) in [5.74, 6) is 1.95. The Kier molecular flexibility index (Phi) is 5.16. The molecule has 0 amide bonds. The highest BCUT2D eigenvalue weighted by molar-refractivity contribution is 5.71. The first kappa shape index (κ1) is 21.2. The zero-order valence-electron chi connectivity index (χ0n) is 18.0. The number of benzene rings is 1. The number of hydrogen-bond acceptors (Lipinski definition) is 7. The molecule has 33 heavy (non-hydrogen) atoms. The van der Waals surface area contributed by atoms with Gasteiger partial charge >= 0.3 is 11.2 Å². The fourth-order valence-electron chi connectivity index (χ4n) is 6.60. The third-order valence-electron chi connectivity index (χ3n) is 7.45. The number of ether oxygens (including phenoxy) is 1. The van der Waals surface area contributed by atoms with Gasteiger partial charge in [0.2, 0.25) is 0 Å². The van der Waals surface area contributed by atoms with Crippen LogP contribution in [0.4, 0.5) is 5.69 Å². The molecule has 4 fully saturated rings. The van der Waals surface area contributed by atoms with Crippen molar-refractivity contribution < 1.29 is 14.8 Å². The van der Waals surface area contributed by atoms with Crippen LogP contribution in [0.15, 0.2) is 23.0 Å². The Labute approximate surface area is 189 Å². The predicted molar refractivity (Wildman–Crippen MR) is 120 cm³/mol. The zero-order chi connectivity index (χ0) is 23.2. The van der Waals surface area contributed by atoms with Gasteiger partial charge in [0.1, 0.15) is 17.6 Å². The maximum absolute atomic E-state index is 11.9. The lowest BCUT2D eigenvalue weighted by atomic mass is 9.48. The maximum Gasteiger partial charge on any atom is 0.395 e. The summed E-state index contributed by atoms with van der Waals surface area (Å²) in [5, 5.41) is 29.6. The van der Waals surface area contributed by atoms with E-state index in [9.17, 15) is 20.0 Å². The molecule has 0 radical (unpaired) electrons. The summed E-state index contributed by atoms with van der Waals surface area (Å²) in [4.78, 5) is 27.9. The second-order valence-corrected chi connectivity index (χ2v) is 9.61. The first-order valence-corrected chi connectivity index (χ1v) is 11.2. The molecule has 1 aromatic carbocycles. The molecular formula is C24H24N4O5. The minimum atomic E-state index is -1.03. The highest BCUT2D eigenvalue weighted by atomic mass is 16.6. The Hall–Kier alpha value is -3.67. The summed E-state index contributed by atoms with van der Waals surface area (Å²) in [6.45, 7) is -0.106. The molecule has 4 aliphatic rings. The van der Waals surface area contributed by atoms with Crippen molar-refractivity contribution in [3.8, 4) is 17.7 Å². The SMILES string of the molecule is N#CCOc1ccc(C23CC4CC(CC(C4)C2)C3)cc1C=Cc1nc(O)c([N+](=O)[O-])c(=O)[nH]1. The van der Waals surface area contributed by atoms with Gasteiger partial charge < -0.3 is 14.8 Å². The molecule has 9 heteroatoms. The fraction of sp³-hybridized carbons (Fsp3) is 0.458. The minimum Gasteiger partial charge on any atom is -0.488 e. The average molecular weight is 448 g/mol. The van der Waals surface area contributed by atoms with E-state index >= 15 is 0 Å². The van der Waals surface area contributed by atoms with Crippen molar-refractivity contribution in [2.24, 2.45) is 17.8 Å². The molecule has 0 aliphatic heterocycles. The van der Waals surface area contributed by atoms with Gasteiger partial charge in [-0.2, -0.15) is 10.2 Å². The zero-order valence-corrected chi connectivity index (χ0v) is 18.0. The molecule has 0 spiro atoms. The van der Waals surface area contributed by atoms with Crippen LogP contribution in [0.25, 0.3) is 12.2 Å². The Bertz CT molecular complexity index is 1210. The summed E-state index contributed by atoms with van der Waals surface area (Å²) in [6.07, 6.45) is 10.8. The van der Waals surface area contributed by atoms with E-state index in [1.807, 2.05) is 12.1 Å². The molecule has 6 rings (SSSR count).